The highest BCUT2D eigenvalue weighted by molar-refractivity contribution is 6.03. The van der Waals surface area contributed by atoms with Crippen LogP contribution in [0.4, 0.5) is 30.5 Å². The van der Waals surface area contributed by atoms with E-state index in [-0.39, 0.29) is 22.9 Å². The van der Waals surface area contributed by atoms with Gasteiger partial charge in [0.15, 0.2) is 11.6 Å². The number of hydrogen-bond acceptors (Lipinski definition) is 4. The molecule has 0 fully saturated rings. The summed E-state index contributed by atoms with van der Waals surface area (Å²) >= 11 is 0. The molecule has 0 spiro atoms. The number of nitrogens with zero attached hydrogens (tertiary/aromatic N) is 2. The van der Waals surface area contributed by atoms with Gasteiger partial charge in [0.25, 0.3) is 5.91 Å². The highest BCUT2D eigenvalue weighted by Crippen LogP contribution is 2.22. The number of hydrogen-bond donors (Lipinski definition) is 2. The van der Waals surface area contributed by atoms with E-state index in [4.69, 9.17) is 0 Å². The Kier molecular flexibility index (Phi) is 4.60. The predicted octanol–water partition coefficient (Wildman–Crippen LogP) is 3.89. The van der Waals surface area contributed by atoms with Gasteiger partial charge in [-0.1, -0.05) is 18.2 Å². The summed E-state index contributed by atoms with van der Waals surface area (Å²) in [7, 11) is 0. The van der Waals surface area contributed by atoms with E-state index >= 15 is 0 Å². The molecular formula is C17H11F3N4O. The van der Waals surface area contributed by atoms with Crippen molar-refractivity contribution < 1.29 is 18.0 Å². The highest BCUT2D eigenvalue weighted by Gasteiger charge is 2.13. The lowest BCUT2D eigenvalue weighted by Crippen LogP contribution is -2.15. The van der Waals surface area contributed by atoms with Gasteiger partial charge in [-0.15, -0.1) is 10.2 Å². The summed E-state index contributed by atoms with van der Waals surface area (Å²) in [5.74, 6) is -2.77. The quantitative estimate of drug-likeness (QED) is 0.753. The van der Waals surface area contributed by atoms with Gasteiger partial charge in [0, 0.05) is 0 Å². The van der Waals surface area contributed by atoms with E-state index in [0.29, 0.717) is 0 Å². The molecule has 0 saturated heterocycles. The Balaban J connectivity index is 1.72. The zero-order valence-electron chi connectivity index (χ0n) is 12.6. The van der Waals surface area contributed by atoms with E-state index in [9.17, 15) is 18.0 Å². The molecule has 126 valence electrons. The lowest BCUT2D eigenvalue weighted by Gasteiger charge is -2.08. The molecule has 2 N–H and O–H groups in total. The number of rotatable bonds is 4. The summed E-state index contributed by atoms with van der Waals surface area (Å²) in [6, 6.07) is 11.7. The van der Waals surface area contributed by atoms with Crippen molar-refractivity contribution in [1.29, 1.82) is 0 Å². The third-order valence-corrected chi connectivity index (χ3v) is 3.24. The second kappa shape index (κ2) is 7.00. The van der Waals surface area contributed by atoms with Crippen LogP contribution in [0.1, 0.15) is 10.4 Å². The molecule has 25 heavy (non-hydrogen) atoms. The lowest BCUT2D eigenvalue weighted by atomic mass is 10.2. The minimum Gasteiger partial charge on any atom is -0.334 e. The largest absolute Gasteiger partial charge is 0.334 e. The van der Waals surface area contributed by atoms with E-state index in [0.717, 1.165) is 18.2 Å². The molecule has 0 unspecified atom stereocenters. The van der Waals surface area contributed by atoms with Gasteiger partial charge in [0.1, 0.15) is 23.1 Å². The first kappa shape index (κ1) is 16.4. The molecule has 3 aromatic rings. The van der Waals surface area contributed by atoms with Crippen LogP contribution >= 0.6 is 0 Å². The molecule has 0 saturated carbocycles. The molecule has 0 radical (unpaired) electrons. The van der Waals surface area contributed by atoms with Crippen LogP contribution in [0.25, 0.3) is 0 Å². The fourth-order valence-electron chi connectivity index (χ4n) is 2.04. The monoisotopic (exact) mass is 344 g/mol. The topological polar surface area (TPSA) is 66.9 Å². The first-order valence-corrected chi connectivity index (χ1v) is 7.15. The van der Waals surface area contributed by atoms with Crippen LogP contribution in [0.2, 0.25) is 0 Å². The number of amides is 1. The summed E-state index contributed by atoms with van der Waals surface area (Å²) in [5.41, 5.74) is -0.500. The van der Waals surface area contributed by atoms with Crippen molar-refractivity contribution in [3.8, 4) is 0 Å². The summed E-state index contributed by atoms with van der Waals surface area (Å²) in [4.78, 5) is 12.0. The minimum absolute atomic E-state index is 0.0628. The molecule has 0 bridgehead atoms. The first-order chi connectivity index (χ1) is 12.0. The Morgan fingerprint density at radius 3 is 2.00 bits per heavy atom. The standard InChI is InChI=1S/C17H11F3N4O/c18-11-5-2-1-4-10(11)17(25)22-15-9-8-14(23-24-15)21-16-12(19)6-3-7-13(16)20/h1-9H,(H,21,23)(H,22,24,25). The number of benzene rings is 2. The van der Waals surface area contributed by atoms with Gasteiger partial charge < -0.3 is 10.6 Å². The molecule has 0 aliphatic heterocycles. The Hall–Kier alpha value is -3.42. The third kappa shape index (κ3) is 3.74. The maximum absolute atomic E-state index is 13.6. The molecule has 2 aromatic carbocycles. The maximum Gasteiger partial charge on any atom is 0.259 e. The van der Waals surface area contributed by atoms with Crippen molar-refractivity contribution in [3.63, 3.8) is 0 Å². The molecule has 5 nitrogen and oxygen atoms in total. The van der Waals surface area contributed by atoms with Gasteiger partial charge in [0.2, 0.25) is 0 Å². The normalized spacial score (nSPS) is 10.4. The van der Waals surface area contributed by atoms with Crippen LogP contribution in [0.3, 0.4) is 0 Å². The van der Waals surface area contributed by atoms with Crippen molar-refractivity contribution in [2.45, 2.75) is 0 Å². The Morgan fingerprint density at radius 2 is 1.36 bits per heavy atom. The molecule has 0 atom stereocenters. The van der Waals surface area contributed by atoms with Crippen LogP contribution in [0, 0.1) is 17.5 Å². The molecule has 1 aromatic heterocycles. The van der Waals surface area contributed by atoms with Crippen molar-refractivity contribution in [3.05, 3.63) is 77.6 Å². The number of carbonyl (C=O) groups is 1. The minimum atomic E-state index is -0.779. The Bertz CT molecular complexity index is 896. The summed E-state index contributed by atoms with van der Waals surface area (Å²) in [5, 5.41) is 12.3. The zero-order chi connectivity index (χ0) is 17.8. The number of aromatic nitrogens is 2. The number of nitrogens with one attached hydrogen (secondary N) is 2. The van der Waals surface area contributed by atoms with Gasteiger partial charge in [-0.2, -0.15) is 0 Å². The SMILES string of the molecule is O=C(Nc1ccc(Nc2c(F)cccc2F)nn1)c1ccccc1F. The van der Waals surface area contributed by atoms with E-state index in [1.165, 1.54) is 36.4 Å². The Labute approximate surface area is 140 Å². The van der Waals surface area contributed by atoms with Crippen LogP contribution in [0.5, 0.6) is 0 Å². The molecule has 0 aliphatic rings. The molecule has 8 heteroatoms. The molecule has 3 rings (SSSR count). The lowest BCUT2D eigenvalue weighted by molar-refractivity contribution is 0.102. The molecular weight excluding hydrogens is 333 g/mol. The smallest absolute Gasteiger partial charge is 0.259 e. The maximum atomic E-state index is 13.6. The predicted molar refractivity (Wildman–Crippen MR) is 86.0 cm³/mol. The number of para-hydroxylation sites is 1. The summed E-state index contributed by atoms with van der Waals surface area (Å²) < 4.78 is 40.7. The number of anilines is 3. The van der Waals surface area contributed by atoms with E-state index in [1.807, 2.05) is 0 Å². The van der Waals surface area contributed by atoms with E-state index < -0.39 is 23.4 Å². The van der Waals surface area contributed by atoms with Crippen molar-refractivity contribution in [2.24, 2.45) is 0 Å². The second-order valence-electron chi connectivity index (χ2n) is 4.96. The van der Waals surface area contributed by atoms with Gasteiger partial charge in [-0.05, 0) is 36.4 Å². The highest BCUT2D eigenvalue weighted by atomic mass is 19.1. The van der Waals surface area contributed by atoms with Crippen LogP contribution in [0.15, 0.2) is 54.6 Å². The number of carbonyl (C=O) groups excluding carboxylic acids is 1. The van der Waals surface area contributed by atoms with Crippen LogP contribution in [-0.4, -0.2) is 16.1 Å². The van der Waals surface area contributed by atoms with Gasteiger partial charge in [-0.25, -0.2) is 13.2 Å². The van der Waals surface area contributed by atoms with Crippen molar-refractivity contribution >= 4 is 23.2 Å². The number of halogens is 3. The molecule has 1 heterocycles. The summed E-state index contributed by atoms with van der Waals surface area (Å²) in [6.07, 6.45) is 0. The van der Waals surface area contributed by atoms with Gasteiger partial charge >= 0.3 is 0 Å². The van der Waals surface area contributed by atoms with Crippen molar-refractivity contribution in [2.75, 3.05) is 10.6 Å². The molecule has 0 aliphatic carbocycles. The summed E-state index contributed by atoms with van der Waals surface area (Å²) in [6.45, 7) is 0. The van der Waals surface area contributed by atoms with Gasteiger partial charge in [-0.3, -0.25) is 4.79 Å². The third-order valence-electron chi connectivity index (χ3n) is 3.24. The van der Waals surface area contributed by atoms with Crippen LogP contribution < -0.4 is 10.6 Å². The second-order valence-corrected chi connectivity index (χ2v) is 4.96. The van der Waals surface area contributed by atoms with E-state index in [1.54, 1.807) is 0 Å². The Morgan fingerprint density at radius 1 is 0.760 bits per heavy atom. The first-order valence-electron chi connectivity index (χ1n) is 7.15. The fraction of sp³-hybridized carbons (Fsp3) is 0. The average Bonchev–Trinajstić information content (AvgIpc) is 2.60. The average molecular weight is 344 g/mol. The zero-order valence-corrected chi connectivity index (χ0v) is 12.6. The molecule has 1 amide bonds. The fourth-order valence-corrected chi connectivity index (χ4v) is 2.04. The van der Waals surface area contributed by atoms with E-state index in [2.05, 4.69) is 20.8 Å². The van der Waals surface area contributed by atoms with Gasteiger partial charge in [0.05, 0.1) is 5.56 Å². The van der Waals surface area contributed by atoms with Crippen LogP contribution in [-0.2, 0) is 0 Å². The van der Waals surface area contributed by atoms with Crippen molar-refractivity contribution in [1.82, 2.24) is 10.2 Å².